The number of hydrogen-bond donors (Lipinski definition) is 0. The zero-order chi connectivity index (χ0) is 11.6. The lowest BCUT2D eigenvalue weighted by molar-refractivity contribution is -0.159. The molecule has 3 heteroatoms. The maximum Gasteiger partial charge on any atom is 0.310 e. The van der Waals surface area contributed by atoms with Crippen molar-refractivity contribution in [2.24, 2.45) is 5.92 Å². The van der Waals surface area contributed by atoms with E-state index in [1.807, 2.05) is 20.8 Å². The van der Waals surface area contributed by atoms with Crippen molar-refractivity contribution >= 4 is 5.97 Å². The lowest BCUT2D eigenvalue weighted by atomic mass is 10.1. The predicted octanol–water partition coefficient (Wildman–Crippen LogP) is 2.06. The number of ether oxygens (including phenoxy) is 1. The summed E-state index contributed by atoms with van der Waals surface area (Å²) in [5.41, 5.74) is -0.359. The van der Waals surface area contributed by atoms with Crippen LogP contribution in [0, 0.1) is 5.92 Å². The molecule has 0 spiro atoms. The van der Waals surface area contributed by atoms with E-state index >= 15 is 0 Å². The number of nitrogens with zero attached hydrogens (tertiary/aromatic N) is 1. The summed E-state index contributed by atoms with van der Waals surface area (Å²) < 4.78 is 5.38. The van der Waals surface area contributed by atoms with Crippen molar-refractivity contribution in [3.8, 4) is 0 Å². The van der Waals surface area contributed by atoms with E-state index in [9.17, 15) is 4.79 Å². The Hall–Kier alpha value is -0.570. The molecule has 1 fully saturated rings. The number of likely N-dealkylation sites (tertiary alicyclic amines) is 1. The summed E-state index contributed by atoms with van der Waals surface area (Å²) in [5.74, 6) is 0.0391. The molecule has 1 heterocycles. The summed E-state index contributed by atoms with van der Waals surface area (Å²) in [6, 6.07) is 0.525. The van der Waals surface area contributed by atoms with Crippen molar-refractivity contribution in [1.82, 2.24) is 4.90 Å². The third-order valence-corrected chi connectivity index (χ3v) is 2.69. The number of rotatable bonds is 2. The van der Waals surface area contributed by atoms with Crippen LogP contribution in [0.1, 0.15) is 41.0 Å². The Bertz CT molecular complexity index is 230. The number of hydrogen-bond acceptors (Lipinski definition) is 3. The van der Waals surface area contributed by atoms with Gasteiger partial charge in [-0.05, 0) is 47.6 Å². The molecule has 1 saturated heterocycles. The van der Waals surface area contributed by atoms with Crippen LogP contribution in [0.5, 0.6) is 0 Å². The molecule has 0 aromatic carbocycles. The fourth-order valence-electron chi connectivity index (χ4n) is 1.83. The first-order valence-electron chi connectivity index (χ1n) is 5.76. The minimum Gasteiger partial charge on any atom is -0.460 e. The average molecular weight is 213 g/mol. The SMILES string of the molecule is CC(C)N1CC[C@H](C(=O)OC(C)(C)C)C1. The largest absolute Gasteiger partial charge is 0.460 e. The highest BCUT2D eigenvalue weighted by Crippen LogP contribution is 2.21. The normalized spacial score (nSPS) is 23.5. The van der Waals surface area contributed by atoms with Gasteiger partial charge >= 0.3 is 5.97 Å². The van der Waals surface area contributed by atoms with E-state index in [1.54, 1.807) is 0 Å². The van der Waals surface area contributed by atoms with Gasteiger partial charge in [0.2, 0.25) is 0 Å². The van der Waals surface area contributed by atoms with Crippen LogP contribution in [0.2, 0.25) is 0 Å². The Balaban J connectivity index is 2.44. The van der Waals surface area contributed by atoms with Gasteiger partial charge < -0.3 is 9.64 Å². The molecule has 0 saturated carbocycles. The van der Waals surface area contributed by atoms with Crippen molar-refractivity contribution in [2.45, 2.75) is 52.7 Å². The molecule has 0 amide bonds. The van der Waals surface area contributed by atoms with Gasteiger partial charge in [0.05, 0.1) is 5.92 Å². The van der Waals surface area contributed by atoms with Crippen molar-refractivity contribution in [1.29, 1.82) is 0 Å². The van der Waals surface area contributed by atoms with Crippen LogP contribution in [0.3, 0.4) is 0 Å². The van der Waals surface area contributed by atoms with E-state index in [-0.39, 0.29) is 17.5 Å². The van der Waals surface area contributed by atoms with Crippen molar-refractivity contribution < 1.29 is 9.53 Å². The molecule has 1 aliphatic heterocycles. The average Bonchev–Trinajstić information content (AvgIpc) is 2.47. The van der Waals surface area contributed by atoms with Crippen LogP contribution in [-0.2, 0) is 9.53 Å². The summed E-state index contributed by atoms with van der Waals surface area (Å²) in [6.45, 7) is 11.9. The smallest absolute Gasteiger partial charge is 0.310 e. The third kappa shape index (κ3) is 3.82. The van der Waals surface area contributed by atoms with E-state index in [0.29, 0.717) is 6.04 Å². The molecule has 0 N–H and O–H groups in total. The maximum absolute atomic E-state index is 11.8. The molecule has 0 radical (unpaired) electrons. The summed E-state index contributed by atoms with van der Waals surface area (Å²) in [4.78, 5) is 14.1. The second kappa shape index (κ2) is 4.52. The highest BCUT2D eigenvalue weighted by molar-refractivity contribution is 5.73. The summed E-state index contributed by atoms with van der Waals surface area (Å²) in [5, 5.41) is 0. The highest BCUT2D eigenvalue weighted by Gasteiger charge is 2.32. The minimum atomic E-state index is -0.359. The minimum absolute atomic E-state index is 0.0364. The molecule has 0 bridgehead atoms. The van der Waals surface area contributed by atoms with E-state index in [0.717, 1.165) is 19.5 Å². The first-order valence-corrected chi connectivity index (χ1v) is 5.76. The van der Waals surface area contributed by atoms with Gasteiger partial charge in [-0.1, -0.05) is 0 Å². The van der Waals surface area contributed by atoms with Gasteiger partial charge in [0.25, 0.3) is 0 Å². The molecule has 1 rings (SSSR count). The molecular weight excluding hydrogens is 190 g/mol. The molecule has 88 valence electrons. The third-order valence-electron chi connectivity index (χ3n) is 2.69. The van der Waals surface area contributed by atoms with Gasteiger partial charge in [-0.2, -0.15) is 0 Å². The fourth-order valence-corrected chi connectivity index (χ4v) is 1.83. The van der Waals surface area contributed by atoms with Crippen LogP contribution < -0.4 is 0 Å². The molecule has 1 atom stereocenters. The number of carbonyl (C=O) groups excluding carboxylic acids is 1. The second-order valence-corrected chi connectivity index (χ2v) is 5.61. The first kappa shape index (κ1) is 12.5. The van der Waals surface area contributed by atoms with Gasteiger partial charge in [0.15, 0.2) is 0 Å². The Morgan fingerprint density at radius 3 is 2.40 bits per heavy atom. The Labute approximate surface area is 92.8 Å². The molecular formula is C12H23NO2. The van der Waals surface area contributed by atoms with Crippen LogP contribution in [0.4, 0.5) is 0 Å². The lowest BCUT2D eigenvalue weighted by Gasteiger charge is -2.23. The van der Waals surface area contributed by atoms with Gasteiger partial charge in [-0.25, -0.2) is 0 Å². The van der Waals surface area contributed by atoms with Crippen molar-refractivity contribution in [3.63, 3.8) is 0 Å². The zero-order valence-electron chi connectivity index (χ0n) is 10.5. The van der Waals surface area contributed by atoms with Crippen LogP contribution >= 0.6 is 0 Å². The Morgan fingerprint density at radius 1 is 1.40 bits per heavy atom. The van der Waals surface area contributed by atoms with Gasteiger partial charge in [-0.3, -0.25) is 4.79 Å². The van der Waals surface area contributed by atoms with Crippen molar-refractivity contribution in [3.05, 3.63) is 0 Å². The molecule has 3 nitrogen and oxygen atoms in total. The monoisotopic (exact) mass is 213 g/mol. The molecule has 0 aromatic heterocycles. The molecule has 0 unspecified atom stereocenters. The topological polar surface area (TPSA) is 29.5 Å². The van der Waals surface area contributed by atoms with Gasteiger partial charge in [-0.15, -0.1) is 0 Å². The predicted molar refractivity (Wildman–Crippen MR) is 60.7 cm³/mol. The summed E-state index contributed by atoms with van der Waals surface area (Å²) in [6.07, 6.45) is 0.938. The molecule has 0 aliphatic carbocycles. The van der Waals surface area contributed by atoms with Crippen molar-refractivity contribution in [2.75, 3.05) is 13.1 Å². The van der Waals surface area contributed by atoms with E-state index in [4.69, 9.17) is 4.74 Å². The van der Waals surface area contributed by atoms with Gasteiger partial charge in [0, 0.05) is 12.6 Å². The first-order chi connectivity index (χ1) is 6.79. The van der Waals surface area contributed by atoms with Crippen LogP contribution in [0.25, 0.3) is 0 Å². The fraction of sp³-hybridized carbons (Fsp3) is 0.917. The lowest BCUT2D eigenvalue weighted by Crippen LogP contribution is -2.32. The highest BCUT2D eigenvalue weighted by atomic mass is 16.6. The maximum atomic E-state index is 11.8. The number of esters is 1. The standard InChI is InChI=1S/C12H23NO2/c1-9(2)13-7-6-10(8-13)11(14)15-12(3,4)5/h9-10H,6-8H2,1-5H3/t10-/m0/s1. The summed E-state index contributed by atoms with van der Waals surface area (Å²) in [7, 11) is 0. The Kier molecular flexibility index (Phi) is 3.77. The zero-order valence-corrected chi connectivity index (χ0v) is 10.5. The molecule has 0 aromatic rings. The van der Waals surface area contributed by atoms with Crippen LogP contribution in [0.15, 0.2) is 0 Å². The quantitative estimate of drug-likeness (QED) is 0.658. The molecule has 1 aliphatic rings. The second-order valence-electron chi connectivity index (χ2n) is 5.61. The number of carbonyl (C=O) groups is 1. The van der Waals surface area contributed by atoms with Crippen LogP contribution in [-0.4, -0.2) is 35.6 Å². The van der Waals surface area contributed by atoms with E-state index < -0.39 is 0 Å². The summed E-state index contributed by atoms with van der Waals surface area (Å²) >= 11 is 0. The van der Waals surface area contributed by atoms with Gasteiger partial charge in [0.1, 0.15) is 5.60 Å². The van der Waals surface area contributed by atoms with E-state index in [2.05, 4.69) is 18.7 Å². The Morgan fingerprint density at radius 2 is 2.00 bits per heavy atom. The van der Waals surface area contributed by atoms with E-state index in [1.165, 1.54) is 0 Å². The molecule has 15 heavy (non-hydrogen) atoms.